The Bertz CT molecular complexity index is 214. The Morgan fingerprint density at radius 3 is 2.19 bits per heavy atom. The number of nitrogens with zero attached hydrogens (tertiary/aromatic N) is 1. The molecule has 96 valence electrons. The third-order valence-corrected chi connectivity index (χ3v) is 2.72. The van der Waals surface area contributed by atoms with Crippen LogP contribution in [0.3, 0.4) is 0 Å². The molecule has 0 spiro atoms. The van der Waals surface area contributed by atoms with Gasteiger partial charge in [0.05, 0.1) is 0 Å². The van der Waals surface area contributed by atoms with Crippen LogP contribution < -0.4 is 0 Å². The van der Waals surface area contributed by atoms with Crippen LogP contribution in [0, 0.1) is 11.8 Å². The van der Waals surface area contributed by atoms with E-state index in [4.69, 9.17) is 0 Å². The van der Waals surface area contributed by atoms with Crippen LogP contribution in [-0.2, 0) is 0 Å². The number of halogens is 1. The second kappa shape index (κ2) is 9.96. The Balaban J connectivity index is 0. The van der Waals surface area contributed by atoms with Gasteiger partial charge in [0.15, 0.2) is 0 Å². The highest BCUT2D eigenvalue weighted by molar-refractivity contribution is 5.85. The molecule has 0 saturated carbocycles. The van der Waals surface area contributed by atoms with Crippen LogP contribution in [0.25, 0.3) is 0 Å². The third-order valence-electron chi connectivity index (χ3n) is 2.72. The second-order valence-electron chi connectivity index (χ2n) is 4.06. The molecule has 0 aliphatic rings. The first-order chi connectivity index (χ1) is 7.05. The lowest BCUT2D eigenvalue weighted by Crippen LogP contribution is -2.23. The van der Waals surface area contributed by atoms with Crippen molar-refractivity contribution in [1.29, 1.82) is 0 Å². The molecule has 3 heteroatoms. The van der Waals surface area contributed by atoms with E-state index in [9.17, 15) is 5.11 Å². The van der Waals surface area contributed by atoms with E-state index in [0.29, 0.717) is 6.42 Å². The van der Waals surface area contributed by atoms with Crippen molar-refractivity contribution in [3.05, 3.63) is 0 Å². The monoisotopic (exact) mass is 247 g/mol. The molecule has 1 N–H and O–H groups in total. The second-order valence-corrected chi connectivity index (χ2v) is 4.06. The molecule has 0 aliphatic carbocycles. The first-order valence-electron chi connectivity index (χ1n) is 6.00. The SMILES string of the molecule is CCN(CC)CCCC#CC(C)(O)CC.Cl. The average Bonchev–Trinajstić information content (AvgIpc) is 2.23. The molecule has 0 aromatic heterocycles. The zero-order valence-electron chi connectivity index (χ0n) is 11.0. The lowest BCUT2D eigenvalue weighted by atomic mass is 10.0. The minimum atomic E-state index is -0.796. The van der Waals surface area contributed by atoms with Crippen molar-refractivity contribution in [3.63, 3.8) is 0 Å². The van der Waals surface area contributed by atoms with Gasteiger partial charge in [-0.2, -0.15) is 0 Å². The Morgan fingerprint density at radius 1 is 1.19 bits per heavy atom. The van der Waals surface area contributed by atoms with E-state index in [1.54, 1.807) is 6.92 Å². The van der Waals surface area contributed by atoms with E-state index in [0.717, 1.165) is 32.5 Å². The normalized spacial score (nSPS) is 13.6. The fraction of sp³-hybridized carbons (Fsp3) is 0.846. The Hall–Kier alpha value is -0.230. The number of unbranched alkanes of at least 4 members (excludes halogenated alkanes) is 1. The fourth-order valence-corrected chi connectivity index (χ4v) is 1.27. The van der Waals surface area contributed by atoms with Crippen molar-refractivity contribution >= 4 is 12.4 Å². The highest BCUT2D eigenvalue weighted by Crippen LogP contribution is 2.05. The van der Waals surface area contributed by atoms with E-state index in [1.807, 2.05) is 6.92 Å². The smallest absolute Gasteiger partial charge is 0.122 e. The van der Waals surface area contributed by atoms with Gasteiger partial charge in [0.25, 0.3) is 0 Å². The maximum atomic E-state index is 9.64. The summed E-state index contributed by atoms with van der Waals surface area (Å²) in [4.78, 5) is 2.39. The molecule has 1 atom stereocenters. The minimum Gasteiger partial charge on any atom is -0.378 e. The molecule has 2 nitrogen and oxygen atoms in total. The van der Waals surface area contributed by atoms with E-state index in [2.05, 4.69) is 30.6 Å². The number of rotatable bonds is 6. The molecule has 1 unspecified atom stereocenters. The molecule has 0 rings (SSSR count). The first-order valence-corrected chi connectivity index (χ1v) is 6.00. The molecule has 0 aromatic rings. The summed E-state index contributed by atoms with van der Waals surface area (Å²) in [6.07, 6.45) is 2.66. The van der Waals surface area contributed by atoms with Crippen molar-refractivity contribution in [1.82, 2.24) is 4.90 Å². The fourth-order valence-electron chi connectivity index (χ4n) is 1.27. The van der Waals surface area contributed by atoms with Gasteiger partial charge in [-0.15, -0.1) is 18.3 Å². The summed E-state index contributed by atoms with van der Waals surface area (Å²) in [7, 11) is 0. The lowest BCUT2D eigenvalue weighted by molar-refractivity contribution is 0.118. The summed E-state index contributed by atoms with van der Waals surface area (Å²) in [6, 6.07) is 0. The number of hydrogen-bond acceptors (Lipinski definition) is 2. The Labute approximate surface area is 107 Å². The van der Waals surface area contributed by atoms with Gasteiger partial charge in [0.2, 0.25) is 0 Å². The molecule has 0 fully saturated rings. The highest BCUT2D eigenvalue weighted by Gasteiger charge is 2.11. The molecule has 16 heavy (non-hydrogen) atoms. The molecule has 0 heterocycles. The molecular formula is C13H26ClNO. The van der Waals surface area contributed by atoms with E-state index >= 15 is 0 Å². The predicted molar refractivity (Wildman–Crippen MR) is 73.0 cm³/mol. The molecule has 0 saturated heterocycles. The number of aliphatic hydroxyl groups is 1. The van der Waals surface area contributed by atoms with Crippen molar-refractivity contribution in [2.45, 2.75) is 52.6 Å². The van der Waals surface area contributed by atoms with Gasteiger partial charge in [0, 0.05) is 6.42 Å². The van der Waals surface area contributed by atoms with Gasteiger partial charge < -0.3 is 10.0 Å². The van der Waals surface area contributed by atoms with Gasteiger partial charge in [-0.25, -0.2) is 0 Å². The van der Waals surface area contributed by atoms with Crippen molar-refractivity contribution in [2.75, 3.05) is 19.6 Å². The maximum absolute atomic E-state index is 9.64. The topological polar surface area (TPSA) is 23.5 Å². The molecule has 0 amide bonds. The van der Waals surface area contributed by atoms with Gasteiger partial charge in [-0.1, -0.05) is 26.7 Å². The van der Waals surface area contributed by atoms with Gasteiger partial charge >= 0.3 is 0 Å². The van der Waals surface area contributed by atoms with Crippen LogP contribution in [0.2, 0.25) is 0 Å². The summed E-state index contributed by atoms with van der Waals surface area (Å²) in [5.74, 6) is 5.96. The van der Waals surface area contributed by atoms with Crippen LogP contribution in [-0.4, -0.2) is 35.2 Å². The summed E-state index contributed by atoms with van der Waals surface area (Å²) in [5.41, 5.74) is -0.796. The summed E-state index contributed by atoms with van der Waals surface area (Å²) >= 11 is 0. The van der Waals surface area contributed by atoms with Crippen LogP contribution in [0.1, 0.15) is 47.0 Å². The van der Waals surface area contributed by atoms with Gasteiger partial charge in [0.1, 0.15) is 5.60 Å². The summed E-state index contributed by atoms with van der Waals surface area (Å²) in [6.45, 7) is 11.4. The zero-order chi connectivity index (χ0) is 11.7. The minimum absolute atomic E-state index is 0. The lowest BCUT2D eigenvalue weighted by Gasteiger charge is -2.16. The molecule has 0 aromatic carbocycles. The van der Waals surface area contributed by atoms with Crippen LogP contribution in [0.5, 0.6) is 0 Å². The van der Waals surface area contributed by atoms with Crippen LogP contribution in [0.4, 0.5) is 0 Å². The molecule has 0 bridgehead atoms. The average molecular weight is 248 g/mol. The first kappa shape index (κ1) is 18.1. The largest absolute Gasteiger partial charge is 0.378 e. The number of hydrogen-bond donors (Lipinski definition) is 1. The van der Waals surface area contributed by atoms with E-state index in [1.165, 1.54) is 0 Å². The summed E-state index contributed by atoms with van der Waals surface area (Å²) < 4.78 is 0. The summed E-state index contributed by atoms with van der Waals surface area (Å²) in [5, 5.41) is 9.64. The molecule has 0 radical (unpaired) electrons. The Morgan fingerprint density at radius 2 is 1.75 bits per heavy atom. The van der Waals surface area contributed by atoms with Crippen molar-refractivity contribution < 1.29 is 5.11 Å². The third kappa shape index (κ3) is 9.03. The standard InChI is InChI=1S/C13H25NO.ClH/c1-5-13(4,15)11-9-8-10-12-14(6-2)7-3;/h15H,5-8,10,12H2,1-4H3;1H. The quantitative estimate of drug-likeness (QED) is 0.576. The Kier molecular flexibility index (Phi) is 11.3. The van der Waals surface area contributed by atoms with E-state index in [-0.39, 0.29) is 12.4 Å². The molecular weight excluding hydrogens is 222 g/mol. The van der Waals surface area contributed by atoms with Crippen molar-refractivity contribution in [3.8, 4) is 11.8 Å². The predicted octanol–water partition coefficient (Wildman–Crippen LogP) is 2.69. The van der Waals surface area contributed by atoms with Gasteiger partial charge in [-0.05, 0) is 39.4 Å². The molecule has 0 aliphatic heterocycles. The van der Waals surface area contributed by atoms with Crippen molar-refractivity contribution in [2.24, 2.45) is 0 Å². The zero-order valence-corrected chi connectivity index (χ0v) is 11.9. The highest BCUT2D eigenvalue weighted by atomic mass is 35.5. The van der Waals surface area contributed by atoms with E-state index < -0.39 is 5.60 Å². The van der Waals surface area contributed by atoms with Crippen LogP contribution in [0.15, 0.2) is 0 Å². The maximum Gasteiger partial charge on any atom is 0.122 e. The van der Waals surface area contributed by atoms with Crippen LogP contribution >= 0.6 is 12.4 Å². The van der Waals surface area contributed by atoms with Gasteiger partial charge in [-0.3, -0.25) is 0 Å².